The summed E-state index contributed by atoms with van der Waals surface area (Å²) in [5.41, 5.74) is 4.92. The van der Waals surface area contributed by atoms with Crippen molar-refractivity contribution >= 4 is 0 Å². The third-order valence-electron chi connectivity index (χ3n) is 3.42. The van der Waals surface area contributed by atoms with E-state index in [4.69, 9.17) is 5.73 Å². The number of H-pyrrole nitrogens is 1. The number of nitrogens with one attached hydrogen (secondary N) is 1. The molecule has 20 heavy (non-hydrogen) atoms. The molecule has 0 spiro atoms. The summed E-state index contributed by atoms with van der Waals surface area (Å²) in [4.78, 5) is 8.51. The third-order valence-corrected chi connectivity index (χ3v) is 3.42. The molecule has 0 amide bonds. The van der Waals surface area contributed by atoms with Gasteiger partial charge in [-0.15, -0.1) is 0 Å². The van der Waals surface area contributed by atoms with Gasteiger partial charge in [-0.2, -0.15) is 13.2 Å². The fourth-order valence-electron chi connectivity index (χ4n) is 2.69. The fraction of sp³-hybridized carbons (Fsp3) is 0.769. The van der Waals surface area contributed by atoms with Crippen LogP contribution in [-0.4, -0.2) is 40.0 Å². The van der Waals surface area contributed by atoms with Crippen LogP contribution in [0.1, 0.15) is 44.1 Å². The molecule has 1 saturated heterocycles. The lowest BCUT2D eigenvalue weighted by molar-refractivity contribution is -0.141. The van der Waals surface area contributed by atoms with Gasteiger partial charge >= 0.3 is 6.18 Å². The second kappa shape index (κ2) is 5.37. The Kier molecular flexibility index (Phi) is 4.11. The molecule has 1 aliphatic rings. The molecule has 3 N–H and O–H groups in total. The van der Waals surface area contributed by atoms with Crippen LogP contribution in [0.5, 0.6) is 0 Å². The SMILES string of the molecule is CC(C)(N)CN1CCCC(c2ncc(C(F)(F)F)[nH]2)C1. The Bertz CT molecular complexity index is 447. The Labute approximate surface area is 116 Å². The summed E-state index contributed by atoms with van der Waals surface area (Å²) in [7, 11) is 0. The highest BCUT2D eigenvalue weighted by molar-refractivity contribution is 5.09. The van der Waals surface area contributed by atoms with Crippen molar-refractivity contribution in [3.8, 4) is 0 Å². The van der Waals surface area contributed by atoms with E-state index in [1.165, 1.54) is 0 Å². The number of likely N-dealkylation sites (tertiary alicyclic amines) is 1. The largest absolute Gasteiger partial charge is 0.432 e. The number of hydrogen-bond donors (Lipinski definition) is 2. The molecular formula is C13H21F3N4. The van der Waals surface area contributed by atoms with Gasteiger partial charge in [-0.05, 0) is 33.2 Å². The monoisotopic (exact) mass is 290 g/mol. The molecular weight excluding hydrogens is 269 g/mol. The summed E-state index contributed by atoms with van der Waals surface area (Å²) in [6, 6.07) is 0. The number of hydrogen-bond acceptors (Lipinski definition) is 3. The number of imidazole rings is 1. The van der Waals surface area contributed by atoms with Gasteiger partial charge in [0.15, 0.2) is 0 Å². The Hall–Kier alpha value is -1.08. The van der Waals surface area contributed by atoms with Crippen LogP contribution in [0.25, 0.3) is 0 Å². The maximum Gasteiger partial charge on any atom is 0.432 e. The van der Waals surface area contributed by atoms with Crippen LogP contribution >= 0.6 is 0 Å². The average molecular weight is 290 g/mol. The first kappa shape index (κ1) is 15.3. The van der Waals surface area contributed by atoms with Crippen molar-refractivity contribution in [1.29, 1.82) is 0 Å². The molecule has 7 heteroatoms. The van der Waals surface area contributed by atoms with Gasteiger partial charge in [0.05, 0.1) is 6.20 Å². The van der Waals surface area contributed by atoms with E-state index < -0.39 is 11.9 Å². The van der Waals surface area contributed by atoms with E-state index >= 15 is 0 Å². The lowest BCUT2D eigenvalue weighted by Crippen LogP contribution is -2.48. The minimum atomic E-state index is -4.36. The lowest BCUT2D eigenvalue weighted by Gasteiger charge is -2.35. The van der Waals surface area contributed by atoms with Gasteiger partial charge in [0.25, 0.3) is 0 Å². The molecule has 0 bridgehead atoms. The number of aromatic nitrogens is 2. The van der Waals surface area contributed by atoms with Crippen molar-refractivity contribution in [2.45, 2.75) is 44.3 Å². The Morgan fingerprint density at radius 2 is 2.15 bits per heavy atom. The first-order valence-electron chi connectivity index (χ1n) is 6.78. The van der Waals surface area contributed by atoms with E-state index in [1.54, 1.807) is 0 Å². The molecule has 1 aliphatic heterocycles. The van der Waals surface area contributed by atoms with Crippen LogP contribution in [-0.2, 0) is 6.18 Å². The van der Waals surface area contributed by atoms with Crippen LogP contribution < -0.4 is 5.73 Å². The molecule has 114 valence electrons. The van der Waals surface area contributed by atoms with Gasteiger partial charge in [0.2, 0.25) is 0 Å². The minimum Gasteiger partial charge on any atom is -0.338 e. The Morgan fingerprint density at radius 3 is 2.70 bits per heavy atom. The second-order valence-corrected chi connectivity index (χ2v) is 6.24. The van der Waals surface area contributed by atoms with E-state index in [-0.39, 0.29) is 11.5 Å². The molecule has 2 rings (SSSR count). The van der Waals surface area contributed by atoms with Gasteiger partial charge in [-0.1, -0.05) is 0 Å². The minimum absolute atomic E-state index is 0.0159. The standard InChI is InChI=1S/C13H21F3N4/c1-12(2,17)8-20-5-3-4-9(7-20)11-18-6-10(19-11)13(14,15)16/h6,9H,3-5,7-8,17H2,1-2H3,(H,18,19). The maximum atomic E-state index is 12.6. The van der Waals surface area contributed by atoms with Gasteiger partial charge in [0, 0.05) is 24.5 Å². The van der Waals surface area contributed by atoms with E-state index in [1.807, 2.05) is 13.8 Å². The smallest absolute Gasteiger partial charge is 0.338 e. The maximum absolute atomic E-state index is 12.6. The van der Waals surface area contributed by atoms with Gasteiger partial charge in [0.1, 0.15) is 11.5 Å². The van der Waals surface area contributed by atoms with Gasteiger partial charge in [-0.3, -0.25) is 0 Å². The number of nitrogens with two attached hydrogens (primary N) is 1. The van der Waals surface area contributed by atoms with Crippen LogP contribution in [0.15, 0.2) is 6.20 Å². The second-order valence-electron chi connectivity index (χ2n) is 6.24. The molecule has 2 heterocycles. The predicted molar refractivity (Wildman–Crippen MR) is 70.3 cm³/mol. The van der Waals surface area contributed by atoms with Gasteiger partial charge < -0.3 is 15.6 Å². The third kappa shape index (κ3) is 3.96. The summed E-state index contributed by atoms with van der Waals surface area (Å²) < 4.78 is 37.7. The molecule has 1 aromatic rings. The number of piperidine rings is 1. The van der Waals surface area contributed by atoms with Crippen molar-refractivity contribution in [1.82, 2.24) is 14.9 Å². The number of alkyl halides is 3. The van der Waals surface area contributed by atoms with Crippen LogP contribution in [0, 0.1) is 0 Å². The molecule has 1 fully saturated rings. The molecule has 0 saturated carbocycles. The number of halogens is 3. The van der Waals surface area contributed by atoms with E-state index in [2.05, 4.69) is 14.9 Å². The van der Waals surface area contributed by atoms with Crippen molar-refractivity contribution in [3.05, 3.63) is 17.7 Å². The van der Waals surface area contributed by atoms with E-state index in [0.29, 0.717) is 12.4 Å². The predicted octanol–water partition coefficient (Wildman–Crippen LogP) is 2.35. The molecule has 0 radical (unpaired) electrons. The van der Waals surface area contributed by atoms with E-state index in [0.717, 1.165) is 32.1 Å². The molecule has 0 aliphatic carbocycles. The number of rotatable bonds is 3. The fourth-order valence-corrected chi connectivity index (χ4v) is 2.69. The quantitative estimate of drug-likeness (QED) is 0.898. The summed E-state index contributed by atoms with van der Waals surface area (Å²) in [5, 5.41) is 0. The van der Waals surface area contributed by atoms with Crippen molar-refractivity contribution < 1.29 is 13.2 Å². The normalized spacial score (nSPS) is 22.2. The zero-order valence-corrected chi connectivity index (χ0v) is 11.8. The van der Waals surface area contributed by atoms with Gasteiger partial charge in [-0.25, -0.2) is 4.98 Å². The summed E-state index contributed by atoms with van der Waals surface area (Å²) in [5.74, 6) is 0.444. The first-order valence-corrected chi connectivity index (χ1v) is 6.78. The molecule has 0 aromatic carbocycles. The first-order chi connectivity index (χ1) is 9.15. The highest BCUT2D eigenvalue weighted by Crippen LogP contribution is 2.31. The average Bonchev–Trinajstić information content (AvgIpc) is 2.75. The zero-order chi connectivity index (χ0) is 15.0. The van der Waals surface area contributed by atoms with Crippen LogP contribution in [0.3, 0.4) is 0 Å². The summed E-state index contributed by atoms with van der Waals surface area (Å²) in [6.45, 7) is 6.27. The summed E-state index contributed by atoms with van der Waals surface area (Å²) >= 11 is 0. The van der Waals surface area contributed by atoms with Crippen molar-refractivity contribution in [3.63, 3.8) is 0 Å². The van der Waals surface area contributed by atoms with Crippen LogP contribution in [0.2, 0.25) is 0 Å². The van der Waals surface area contributed by atoms with Crippen molar-refractivity contribution in [2.75, 3.05) is 19.6 Å². The van der Waals surface area contributed by atoms with E-state index in [9.17, 15) is 13.2 Å². The molecule has 1 atom stereocenters. The molecule has 4 nitrogen and oxygen atoms in total. The molecule has 1 unspecified atom stereocenters. The Balaban J connectivity index is 2.04. The topological polar surface area (TPSA) is 57.9 Å². The number of aromatic amines is 1. The summed E-state index contributed by atoms with van der Waals surface area (Å²) in [6.07, 6.45) is -1.69. The highest BCUT2D eigenvalue weighted by atomic mass is 19.4. The molecule has 1 aromatic heterocycles. The number of nitrogens with zero attached hydrogens (tertiary/aromatic N) is 2. The zero-order valence-electron chi connectivity index (χ0n) is 11.8. The van der Waals surface area contributed by atoms with Crippen molar-refractivity contribution in [2.24, 2.45) is 5.73 Å². The Morgan fingerprint density at radius 1 is 1.45 bits per heavy atom. The lowest BCUT2D eigenvalue weighted by atomic mass is 9.95. The van der Waals surface area contributed by atoms with Crippen LogP contribution in [0.4, 0.5) is 13.2 Å². The highest BCUT2D eigenvalue weighted by Gasteiger charge is 2.34.